The van der Waals surface area contributed by atoms with Gasteiger partial charge in [0, 0.05) is 18.6 Å². The lowest BCUT2D eigenvalue weighted by Gasteiger charge is -2.27. The number of nitrogens with two attached hydrogens (primary N) is 6. The largest absolute Gasteiger partial charge is 0.397 e. The molecule has 9 aliphatic heterocycles. The summed E-state index contributed by atoms with van der Waals surface area (Å²) in [4.78, 5) is 148. The topological polar surface area (TPSA) is 714 Å². The van der Waals surface area contributed by atoms with Crippen LogP contribution in [0.4, 0.5) is 61.2 Å². The van der Waals surface area contributed by atoms with Crippen molar-refractivity contribution in [2.75, 3.05) is 74.0 Å². The van der Waals surface area contributed by atoms with E-state index in [1.807, 2.05) is 0 Å². The van der Waals surface area contributed by atoms with Crippen LogP contribution in [-0.4, -0.2) is 276 Å². The average Bonchev–Trinajstić information content (AvgIpc) is 1.63. The average molecular weight is 2140 g/mol. The summed E-state index contributed by atoms with van der Waals surface area (Å²) < 4.78 is 212. The Hall–Kier alpha value is -7.41. The van der Waals surface area contributed by atoms with Crippen LogP contribution >= 0.6 is 64.4 Å². The maximum Gasteiger partial charge on any atom is 0.386 e. The van der Waals surface area contributed by atoms with Crippen LogP contribution in [0.1, 0.15) is 36.5 Å². The molecule has 20 N–H and O–H groups in total. The van der Waals surface area contributed by atoms with Gasteiger partial charge in [0.1, 0.15) is 95.2 Å². The van der Waals surface area contributed by atoms with Gasteiger partial charge in [0.2, 0.25) is 17.8 Å². The van der Waals surface area contributed by atoms with E-state index in [1.54, 1.807) is 0 Å². The summed E-state index contributed by atoms with van der Waals surface area (Å²) in [6.45, 7) is -29.8. The second-order valence-corrected chi connectivity index (χ2v) is 48.8. The highest BCUT2D eigenvalue weighted by atomic mass is 32.7. The maximum atomic E-state index is 16.0. The number of ether oxygens (including phenoxy) is 5. The van der Waals surface area contributed by atoms with Crippen molar-refractivity contribution in [3.05, 3.63) is 106 Å². The minimum absolute atomic E-state index is 0.0190. The number of hydrogen-bond donors (Lipinski definition) is 15. The Kier molecular flexibility index (Phi) is 26.4. The highest BCUT2D eigenvalue weighted by molar-refractivity contribution is 8.44. The van der Waals surface area contributed by atoms with Crippen LogP contribution in [0.3, 0.4) is 0 Å². The van der Waals surface area contributed by atoms with Crippen molar-refractivity contribution in [2.24, 2.45) is 0 Å². The van der Waals surface area contributed by atoms with Crippen LogP contribution in [0.25, 0.3) is 67.0 Å². The van der Waals surface area contributed by atoms with E-state index in [0.717, 1.165) is 33.6 Å². The van der Waals surface area contributed by atoms with Gasteiger partial charge in [0.05, 0.1) is 99.9 Å². The molecule has 21 rings (SSSR count). The molecule has 0 amide bonds. The van der Waals surface area contributed by atoms with Gasteiger partial charge < -0.3 is 105 Å². The summed E-state index contributed by atoms with van der Waals surface area (Å²) in [5, 5.41) is -2.10. The molecule has 0 aliphatic carbocycles. The molecule has 0 spiro atoms. The Morgan fingerprint density at radius 1 is 0.356 bits per heavy atom. The van der Waals surface area contributed by atoms with Crippen LogP contribution in [0.15, 0.2) is 89.1 Å². The van der Waals surface area contributed by atoms with Crippen molar-refractivity contribution in [3.63, 3.8) is 0 Å². The number of alkyl halides is 6. The number of rotatable bonds is 6. The molecule has 53 nitrogen and oxygen atoms in total. The third-order valence-electron chi connectivity index (χ3n) is 22.0. The Morgan fingerprint density at radius 3 is 1.00 bits per heavy atom. The van der Waals surface area contributed by atoms with E-state index in [-0.39, 0.29) is 79.5 Å². The molecular weight excluding hydrogens is 2080 g/mol. The standard InChI is InChI=1S/2C21H23F2N9O9P2S2.C21H23F2N9O8P2S3/c2*22-10-8-3-36-42(34,44)40-14-9(39-19(11(14)23)31-5-27-12-7(24)1-2-26-16(12)31)4-37-43(35,45)41-15(10)20(38-8)32-6-28-13-17(32)29-21(25)30-18(13)33;22-10-9-4-37-42(35,44)39-14-8(38-19(11(14)23)31-5-27-12-7(24)1-2-26-16(12)31)3-36-41(34,43)40-15(10)20(45-9)32-6-28-13-17(32)29-21(25)30-18(13)33/h2*1-2,5-6,8-11,14-15,19-20H,3-4H2,(H2,24,26)(H,34,44)(H,35,45)(H3,25,29,30,33);1-2,5-6,8-11,14-15,19-20H,3-4H2,(H2,24,26)(H,34,43)(H,35,44)(H3,25,29,30,33)/t2*8-,9-,10-,11+,14-,15-,19-,20-,42?,43?;8-,9-,10-,11+,14-,15-,19-,20-,41?,42?/m111/s1. The number of halogens is 6. The molecule has 12 aromatic heterocycles. The molecule has 9 fully saturated rings. The van der Waals surface area contributed by atoms with Crippen LogP contribution < -0.4 is 51.1 Å². The molecule has 9 aliphatic rings. The third kappa shape index (κ3) is 18.9. The second-order valence-electron chi connectivity index (χ2n) is 30.6. The monoisotopic (exact) mass is 2140 g/mol. The van der Waals surface area contributed by atoms with E-state index in [9.17, 15) is 43.4 Å². The van der Waals surface area contributed by atoms with Crippen LogP contribution in [-0.2, 0) is 142 Å². The van der Waals surface area contributed by atoms with Gasteiger partial charge in [0.15, 0.2) is 112 Å². The van der Waals surface area contributed by atoms with E-state index >= 15 is 26.3 Å². The highest BCUT2D eigenvalue weighted by Crippen LogP contribution is 2.62. The minimum Gasteiger partial charge on any atom is -0.397 e. The van der Waals surface area contributed by atoms with Gasteiger partial charge in [0.25, 0.3) is 16.7 Å². The Balaban J connectivity index is 0.000000130. The van der Waals surface area contributed by atoms with Crippen molar-refractivity contribution >= 4 is 225 Å². The molecule has 9 saturated heterocycles. The van der Waals surface area contributed by atoms with Crippen molar-refractivity contribution < 1.29 is 133 Å². The van der Waals surface area contributed by atoms with E-state index in [1.165, 1.54) is 80.4 Å². The third-order valence-corrected chi connectivity index (χ3v) is 32.9. The van der Waals surface area contributed by atoms with E-state index < -0.39 is 243 Å². The first-order chi connectivity index (χ1) is 63.9. The number of nitrogens with zero attached hydrogens (tertiary/aromatic N) is 18. The van der Waals surface area contributed by atoms with Crippen LogP contribution in [0, 0.1) is 0 Å². The van der Waals surface area contributed by atoms with Gasteiger partial charge in [-0.2, -0.15) is 15.0 Å². The number of H-pyrrole nitrogens is 3. The SMILES string of the molecule is Nc1nc2c(ncn2[C@@H]2O[C@@H]3COP(O)(=S)O[C@H]4[C@H](F)[C@H](n5cnc6c(N)ccnc65)O[C@@H]4COP(=O)(S)O[C@@H]2[C@@H]3F)c(=O)[nH]1.Nc1nc2c(ncn2[C@@H]2O[C@@H]3COP(O)(=S)O[C@H]4[C@H](F)[C@H](n5cnc6c(N)ccnc65)O[C@@H]4COP(O)(=S)O[C@@H]2[C@@H]3F)c(=O)[nH]1.Nc1nc2c(ncn2[C@@H]2S[C@@H]3COP(O)(=S)O[C@H]4[C@H](F)[C@H](n5cnc6c(N)ccnc65)O[C@@H]4COP(O)(=S)O[C@@H]2[C@@H]3F)c(=O)[nH]1. The predicted octanol–water partition coefficient (Wildman–Crippen LogP) is 2.89. The number of imidazole rings is 6. The van der Waals surface area contributed by atoms with Crippen molar-refractivity contribution in [2.45, 2.75) is 146 Å². The zero-order chi connectivity index (χ0) is 95.5. The van der Waals surface area contributed by atoms with E-state index in [0.29, 0.717) is 22.4 Å². The molecule has 30 atom stereocenters. The predicted molar refractivity (Wildman–Crippen MR) is 477 cm³/mol. The summed E-state index contributed by atoms with van der Waals surface area (Å²) in [7, 11) is 0. The van der Waals surface area contributed by atoms with Gasteiger partial charge in [-0.05, 0) is 77.2 Å². The van der Waals surface area contributed by atoms with Crippen molar-refractivity contribution in [1.29, 1.82) is 0 Å². The second kappa shape index (κ2) is 36.9. The number of pyridine rings is 3. The lowest BCUT2D eigenvalue weighted by molar-refractivity contribution is -0.0599. The van der Waals surface area contributed by atoms with Gasteiger partial charge in [-0.1, -0.05) is 12.2 Å². The molecule has 726 valence electrons. The number of thioether (sulfide) groups is 1. The highest BCUT2D eigenvalue weighted by Gasteiger charge is 2.59. The Bertz CT molecular complexity index is 6500. The molecule has 21 heterocycles. The fourth-order valence-corrected chi connectivity index (χ4v) is 26.2. The van der Waals surface area contributed by atoms with Crippen LogP contribution in [0.2, 0.25) is 0 Å². The molecule has 135 heavy (non-hydrogen) atoms. The molecule has 6 bridgehead atoms. The van der Waals surface area contributed by atoms with Gasteiger partial charge >= 0.3 is 40.4 Å². The number of aromatic nitrogens is 21. The first kappa shape index (κ1) is 96.5. The summed E-state index contributed by atoms with van der Waals surface area (Å²) in [6, 6.07) is 4.56. The van der Waals surface area contributed by atoms with E-state index in [2.05, 4.69) is 87.0 Å². The maximum absolute atomic E-state index is 16.0. The summed E-state index contributed by atoms with van der Waals surface area (Å²) >= 11 is 30.8. The minimum atomic E-state index is -4.48. The summed E-state index contributed by atoms with van der Waals surface area (Å²) in [5.74, 6) is -0.722. The fraction of sp³-hybridized carbons (Fsp3) is 0.476. The number of thiol groups is 1. The number of nitrogen functional groups attached to an aromatic ring is 6. The summed E-state index contributed by atoms with van der Waals surface area (Å²) in [6.07, 6.45) is -24.4. The molecule has 0 saturated carbocycles. The fourth-order valence-electron chi connectivity index (χ4n) is 15.9. The zero-order valence-electron chi connectivity index (χ0n) is 67.2. The first-order valence-corrected chi connectivity index (χ1v) is 55.6. The van der Waals surface area contributed by atoms with E-state index in [4.69, 9.17) is 171 Å². The lowest BCUT2D eigenvalue weighted by atomic mass is 10.1. The van der Waals surface area contributed by atoms with Crippen molar-refractivity contribution in [3.8, 4) is 0 Å². The molecule has 6 unspecified atom stereocenters. The summed E-state index contributed by atoms with van der Waals surface area (Å²) in [5.41, 5.74) is 34.8. The molecule has 0 radical (unpaired) electrons. The Morgan fingerprint density at radius 2 is 0.637 bits per heavy atom. The zero-order valence-corrected chi connectivity index (χ0v) is 78.4. The number of aromatic amines is 3. The smallest absolute Gasteiger partial charge is 0.386 e. The van der Waals surface area contributed by atoms with Crippen molar-refractivity contribution in [1.82, 2.24) is 102 Å². The number of fused-ring (bicyclic) bond motifs is 15. The molecule has 12 aromatic rings. The Labute approximate surface area is 781 Å². The first-order valence-electron chi connectivity index (χ1n) is 39.0. The number of nitrogens with one attached hydrogen (secondary N) is 3. The lowest BCUT2D eigenvalue weighted by Crippen LogP contribution is -2.34. The van der Waals surface area contributed by atoms with Gasteiger partial charge in [-0.15, -0.1) is 11.8 Å². The molecular formula is C63H69F6N27O26P6S7. The number of hydrogen-bond acceptors (Lipinski definition) is 45. The molecule has 0 aromatic carbocycles. The van der Waals surface area contributed by atoms with Gasteiger partial charge in [-0.25, -0.2) is 75.8 Å². The molecule has 72 heteroatoms. The normalized spacial score (nSPS) is 37.7. The quantitative estimate of drug-likeness (QED) is 0.0646. The number of anilines is 6. The van der Waals surface area contributed by atoms with Crippen LogP contribution in [0.5, 0.6) is 0 Å². The van der Waals surface area contributed by atoms with Gasteiger partial charge in [-0.3, -0.25) is 88.4 Å².